The lowest BCUT2D eigenvalue weighted by molar-refractivity contribution is -0.138. The zero-order chi connectivity index (χ0) is 20.3. The fraction of sp³-hybridized carbons (Fsp3) is 0.167. The fourth-order valence-corrected chi connectivity index (χ4v) is 4.03. The minimum atomic E-state index is -4.47. The average Bonchev–Trinajstić information content (AvgIpc) is 3.32. The zero-order valence-electron chi connectivity index (χ0n) is 14.1. The first-order valence-electron chi connectivity index (χ1n) is 7.93. The summed E-state index contributed by atoms with van der Waals surface area (Å²) < 4.78 is 38.6. The molecule has 0 aliphatic rings. The normalized spacial score (nSPS) is 12.5. The van der Waals surface area contributed by atoms with Crippen molar-refractivity contribution in [3.8, 4) is 10.6 Å². The minimum Gasteiger partial charge on any atom is -0.481 e. The van der Waals surface area contributed by atoms with E-state index in [0.717, 1.165) is 23.5 Å². The van der Waals surface area contributed by atoms with Gasteiger partial charge in [0.05, 0.1) is 18.0 Å². The van der Waals surface area contributed by atoms with Crippen molar-refractivity contribution in [3.05, 3.63) is 63.3 Å². The Morgan fingerprint density at radius 1 is 1.18 bits per heavy atom. The number of halogens is 3. The number of aromatic nitrogens is 1. The molecule has 0 saturated carbocycles. The second kappa shape index (κ2) is 8.11. The van der Waals surface area contributed by atoms with E-state index < -0.39 is 29.7 Å². The number of rotatable bonds is 6. The Morgan fingerprint density at radius 3 is 2.61 bits per heavy atom. The molecule has 2 aromatic heterocycles. The summed E-state index contributed by atoms with van der Waals surface area (Å²) in [5, 5.41) is 15.1. The molecule has 0 radical (unpaired) electrons. The summed E-state index contributed by atoms with van der Waals surface area (Å²) >= 11 is 2.35. The fourth-order valence-electron chi connectivity index (χ4n) is 2.46. The van der Waals surface area contributed by atoms with Crippen LogP contribution in [-0.2, 0) is 11.0 Å². The van der Waals surface area contributed by atoms with E-state index in [1.54, 1.807) is 17.5 Å². The van der Waals surface area contributed by atoms with Crippen molar-refractivity contribution in [2.24, 2.45) is 0 Å². The Labute approximate surface area is 165 Å². The van der Waals surface area contributed by atoms with Crippen LogP contribution in [-0.4, -0.2) is 22.0 Å². The van der Waals surface area contributed by atoms with Crippen LogP contribution in [0, 0.1) is 0 Å². The number of thiazole rings is 1. The van der Waals surface area contributed by atoms with Crippen molar-refractivity contribution in [1.29, 1.82) is 0 Å². The smallest absolute Gasteiger partial charge is 0.416 e. The van der Waals surface area contributed by atoms with E-state index in [2.05, 4.69) is 10.3 Å². The lowest BCUT2D eigenvalue weighted by atomic mass is 10.1. The molecule has 1 unspecified atom stereocenters. The number of thiophene rings is 1. The number of hydrogen-bond acceptors (Lipinski definition) is 5. The highest BCUT2D eigenvalue weighted by atomic mass is 32.1. The third-order valence-electron chi connectivity index (χ3n) is 3.74. The molecule has 1 aromatic carbocycles. The Hall–Kier alpha value is -2.72. The maximum atomic E-state index is 12.9. The Balaban J connectivity index is 1.79. The van der Waals surface area contributed by atoms with Crippen LogP contribution in [0.1, 0.15) is 33.4 Å². The number of nitrogens with zero attached hydrogens (tertiary/aromatic N) is 1. The first-order chi connectivity index (χ1) is 13.2. The summed E-state index contributed by atoms with van der Waals surface area (Å²) in [6, 6.07) is 7.43. The van der Waals surface area contributed by atoms with Gasteiger partial charge in [-0.1, -0.05) is 18.2 Å². The van der Waals surface area contributed by atoms with Gasteiger partial charge in [0, 0.05) is 15.8 Å². The van der Waals surface area contributed by atoms with Gasteiger partial charge in [-0.25, -0.2) is 4.98 Å². The number of nitrogens with one attached hydrogen (secondary N) is 1. The van der Waals surface area contributed by atoms with E-state index in [-0.39, 0.29) is 22.7 Å². The molecular formula is C18H13F3N2O3S2. The maximum absolute atomic E-state index is 12.9. The van der Waals surface area contributed by atoms with Crippen molar-refractivity contribution in [3.63, 3.8) is 0 Å². The number of aliphatic carboxylic acids is 1. The van der Waals surface area contributed by atoms with Gasteiger partial charge in [0.15, 0.2) is 0 Å². The summed E-state index contributed by atoms with van der Waals surface area (Å²) in [5.74, 6) is -1.66. The van der Waals surface area contributed by atoms with Gasteiger partial charge in [-0.05, 0) is 23.6 Å². The number of carbonyl (C=O) groups is 2. The van der Waals surface area contributed by atoms with Gasteiger partial charge in [-0.2, -0.15) is 13.2 Å². The van der Waals surface area contributed by atoms with Crippen LogP contribution >= 0.6 is 22.7 Å². The van der Waals surface area contributed by atoms with E-state index in [1.165, 1.54) is 28.8 Å². The average molecular weight is 426 g/mol. The summed E-state index contributed by atoms with van der Waals surface area (Å²) in [5.41, 5.74) is -0.533. The van der Waals surface area contributed by atoms with Crippen molar-refractivity contribution in [2.45, 2.75) is 18.6 Å². The molecule has 146 valence electrons. The zero-order valence-corrected chi connectivity index (χ0v) is 15.7. The molecule has 1 amide bonds. The molecular weight excluding hydrogens is 413 g/mol. The molecule has 0 aliphatic carbocycles. The van der Waals surface area contributed by atoms with E-state index in [1.807, 2.05) is 0 Å². The van der Waals surface area contributed by atoms with Gasteiger partial charge < -0.3 is 10.4 Å². The summed E-state index contributed by atoms with van der Waals surface area (Å²) in [4.78, 5) is 28.3. The van der Waals surface area contributed by atoms with Crippen LogP contribution in [0.15, 0.2) is 47.2 Å². The number of alkyl halides is 3. The predicted octanol–water partition coefficient (Wildman–Crippen LogP) is 4.84. The van der Waals surface area contributed by atoms with Crippen LogP contribution in [0.2, 0.25) is 0 Å². The largest absolute Gasteiger partial charge is 0.481 e. The lowest BCUT2D eigenvalue weighted by Crippen LogP contribution is -2.29. The highest BCUT2D eigenvalue weighted by Crippen LogP contribution is 2.33. The van der Waals surface area contributed by atoms with Gasteiger partial charge >= 0.3 is 12.1 Å². The summed E-state index contributed by atoms with van der Waals surface area (Å²) in [7, 11) is 0. The van der Waals surface area contributed by atoms with Crippen LogP contribution in [0.3, 0.4) is 0 Å². The number of benzene rings is 1. The monoisotopic (exact) mass is 426 g/mol. The molecule has 3 aromatic rings. The van der Waals surface area contributed by atoms with Gasteiger partial charge in [0.25, 0.3) is 5.91 Å². The number of hydrogen-bond donors (Lipinski definition) is 2. The van der Waals surface area contributed by atoms with Gasteiger partial charge in [-0.15, -0.1) is 22.7 Å². The standard InChI is InChI=1S/C18H13F3N2O3S2/c19-18(20,21)11-4-1-3-10(7-11)17-23-13(9-28-17)16(26)22-12(8-15(24)25)14-5-2-6-27-14/h1-7,9,12H,8H2,(H,22,26)(H,24,25). The lowest BCUT2D eigenvalue weighted by Gasteiger charge is -2.14. The summed E-state index contributed by atoms with van der Waals surface area (Å²) in [6.45, 7) is 0. The Kier molecular flexibility index (Phi) is 5.80. The van der Waals surface area contributed by atoms with E-state index in [9.17, 15) is 22.8 Å². The molecule has 0 fully saturated rings. The molecule has 5 nitrogen and oxygen atoms in total. The first kappa shape index (κ1) is 20.0. The van der Waals surface area contributed by atoms with Gasteiger partial charge in [0.1, 0.15) is 10.7 Å². The van der Waals surface area contributed by atoms with Gasteiger partial charge in [-0.3, -0.25) is 9.59 Å². The van der Waals surface area contributed by atoms with Crippen LogP contribution in [0.4, 0.5) is 13.2 Å². The number of carboxylic acid groups (broad SMARTS) is 1. The van der Waals surface area contributed by atoms with Gasteiger partial charge in [0.2, 0.25) is 0 Å². The second-order valence-electron chi connectivity index (χ2n) is 5.76. The van der Waals surface area contributed by atoms with E-state index in [4.69, 9.17) is 5.11 Å². The molecule has 0 bridgehead atoms. The molecule has 10 heteroatoms. The molecule has 0 spiro atoms. The molecule has 2 heterocycles. The quantitative estimate of drug-likeness (QED) is 0.591. The predicted molar refractivity (Wildman–Crippen MR) is 99.3 cm³/mol. The summed E-state index contributed by atoms with van der Waals surface area (Å²) in [6.07, 6.45) is -4.77. The van der Waals surface area contributed by atoms with Crippen molar-refractivity contribution in [1.82, 2.24) is 10.3 Å². The van der Waals surface area contributed by atoms with Crippen molar-refractivity contribution in [2.75, 3.05) is 0 Å². The Morgan fingerprint density at radius 2 is 1.96 bits per heavy atom. The van der Waals surface area contributed by atoms with Crippen molar-refractivity contribution >= 4 is 34.6 Å². The molecule has 1 atom stereocenters. The third-order valence-corrected chi connectivity index (χ3v) is 5.62. The molecule has 0 aliphatic heterocycles. The molecule has 28 heavy (non-hydrogen) atoms. The number of amides is 1. The van der Waals surface area contributed by atoms with E-state index >= 15 is 0 Å². The second-order valence-corrected chi connectivity index (χ2v) is 7.59. The van der Waals surface area contributed by atoms with Crippen LogP contribution < -0.4 is 5.32 Å². The highest BCUT2D eigenvalue weighted by Gasteiger charge is 2.30. The third kappa shape index (κ3) is 4.76. The molecule has 3 rings (SSSR count). The number of carbonyl (C=O) groups excluding carboxylic acids is 1. The topological polar surface area (TPSA) is 79.3 Å². The SMILES string of the molecule is O=C(O)CC(NC(=O)c1csc(-c2cccc(C(F)(F)F)c2)n1)c1cccs1. The van der Waals surface area contributed by atoms with Crippen LogP contribution in [0.5, 0.6) is 0 Å². The van der Waals surface area contributed by atoms with Crippen molar-refractivity contribution < 1.29 is 27.9 Å². The minimum absolute atomic E-state index is 0.0179. The number of carboxylic acids is 1. The van der Waals surface area contributed by atoms with E-state index in [0.29, 0.717) is 4.88 Å². The maximum Gasteiger partial charge on any atom is 0.416 e. The van der Waals surface area contributed by atoms with Crippen LogP contribution in [0.25, 0.3) is 10.6 Å². The first-order valence-corrected chi connectivity index (χ1v) is 9.69. The highest BCUT2D eigenvalue weighted by molar-refractivity contribution is 7.13. The molecule has 2 N–H and O–H groups in total. The molecule has 0 saturated heterocycles. The Bertz CT molecular complexity index is 984.